The first-order valence-electron chi connectivity index (χ1n) is 28.2. The third kappa shape index (κ3) is 37.6. The van der Waals surface area contributed by atoms with Crippen molar-refractivity contribution in [1.82, 2.24) is 14.7 Å². The van der Waals surface area contributed by atoms with Crippen LogP contribution in [0, 0.1) is 11.8 Å². The van der Waals surface area contributed by atoms with Crippen molar-refractivity contribution < 1.29 is 19.1 Å². The molecule has 0 N–H and O–H groups in total. The topological polar surface area (TPSA) is 62.3 Å². The van der Waals surface area contributed by atoms with Crippen molar-refractivity contribution in [2.24, 2.45) is 11.8 Å². The summed E-state index contributed by atoms with van der Waals surface area (Å²) in [6, 6.07) is 0.769. The highest BCUT2D eigenvalue weighted by Gasteiger charge is 2.25. The molecule has 0 radical (unpaired) electrons. The van der Waals surface area contributed by atoms with Crippen molar-refractivity contribution in [2.75, 3.05) is 66.6 Å². The van der Waals surface area contributed by atoms with Crippen LogP contribution in [0.15, 0.2) is 0 Å². The quantitative estimate of drug-likeness (QED) is 0.0445. The minimum atomic E-state index is 0.0192. The van der Waals surface area contributed by atoms with Crippen LogP contribution in [0.2, 0.25) is 0 Å². The zero-order valence-electron chi connectivity index (χ0n) is 43.5. The Hall–Kier alpha value is -1.18. The molecule has 374 valence electrons. The lowest BCUT2D eigenvalue weighted by atomic mass is 9.91. The summed E-state index contributed by atoms with van der Waals surface area (Å²) in [4.78, 5) is 33.4. The number of rotatable bonds is 49. The second kappa shape index (κ2) is 44.6. The smallest absolute Gasteiger partial charge is 0.305 e. The standard InChI is InChI=1S/C56H111N3O4/c1-7-11-15-19-21-29-38-52(36-27-17-13-9-3)50-62-55(60)42-31-23-25-33-44-58(47-49-59(48-46-57(5)6)54-40-35-41-54)45-34-26-24-32-43-56(61)63-51-53(37-28-18-14-10-4)39-30-22-20-16-12-8-2/h52-54H,7-51H2,1-6H3. The summed E-state index contributed by atoms with van der Waals surface area (Å²) in [5.74, 6) is 1.11. The molecule has 1 aliphatic rings. The summed E-state index contributed by atoms with van der Waals surface area (Å²) in [7, 11) is 4.38. The number of hydrogen-bond donors (Lipinski definition) is 0. The Morgan fingerprint density at radius 3 is 1.16 bits per heavy atom. The molecule has 0 saturated heterocycles. The van der Waals surface area contributed by atoms with Gasteiger partial charge < -0.3 is 19.3 Å². The molecule has 1 rings (SSSR count). The van der Waals surface area contributed by atoms with Crippen molar-refractivity contribution in [1.29, 1.82) is 0 Å². The van der Waals surface area contributed by atoms with Crippen LogP contribution in [-0.2, 0) is 19.1 Å². The van der Waals surface area contributed by atoms with Gasteiger partial charge in [0.25, 0.3) is 0 Å². The normalized spacial score (nSPS) is 14.2. The van der Waals surface area contributed by atoms with E-state index >= 15 is 0 Å². The zero-order valence-corrected chi connectivity index (χ0v) is 43.5. The molecule has 0 aromatic carbocycles. The minimum Gasteiger partial charge on any atom is -0.465 e. The average Bonchev–Trinajstić information content (AvgIpc) is 3.25. The molecule has 0 bridgehead atoms. The molecule has 0 aromatic rings. The van der Waals surface area contributed by atoms with Gasteiger partial charge in [0.05, 0.1) is 13.2 Å². The first-order valence-corrected chi connectivity index (χ1v) is 28.2. The Morgan fingerprint density at radius 1 is 0.429 bits per heavy atom. The summed E-state index contributed by atoms with van der Waals surface area (Å²) in [6.07, 6.45) is 45.2. The number of carbonyl (C=O) groups excluding carboxylic acids is 2. The fourth-order valence-electron chi connectivity index (χ4n) is 9.41. The van der Waals surface area contributed by atoms with Gasteiger partial charge in [-0.2, -0.15) is 0 Å². The van der Waals surface area contributed by atoms with Gasteiger partial charge in [-0.1, -0.05) is 188 Å². The van der Waals surface area contributed by atoms with E-state index in [0.717, 1.165) is 71.0 Å². The lowest BCUT2D eigenvalue weighted by Crippen LogP contribution is -2.47. The molecule has 7 nitrogen and oxygen atoms in total. The summed E-state index contributed by atoms with van der Waals surface area (Å²) in [5.41, 5.74) is 0. The molecule has 1 fully saturated rings. The Bertz CT molecular complexity index is 930. The predicted octanol–water partition coefficient (Wildman–Crippen LogP) is 15.4. The van der Waals surface area contributed by atoms with Gasteiger partial charge in [0.15, 0.2) is 0 Å². The lowest BCUT2D eigenvalue weighted by molar-refractivity contribution is -0.146. The van der Waals surface area contributed by atoms with E-state index in [-0.39, 0.29) is 11.9 Å². The Labute approximate surface area is 394 Å². The SMILES string of the molecule is CCCCCCCCC(CCCCCC)COC(=O)CCCCCCN(CCCCCCC(=O)OCC(CCCCCC)CCCCCCCC)CCN(CCN(C)C)C1CCC1. The molecule has 1 saturated carbocycles. The zero-order chi connectivity index (χ0) is 45.9. The van der Waals surface area contributed by atoms with E-state index in [1.54, 1.807) is 0 Å². The number of likely N-dealkylation sites (N-methyl/N-ethyl adjacent to an activating group) is 1. The van der Waals surface area contributed by atoms with Crippen LogP contribution >= 0.6 is 0 Å². The Morgan fingerprint density at radius 2 is 0.778 bits per heavy atom. The van der Waals surface area contributed by atoms with Crippen molar-refractivity contribution in [3.05, 3.63) is 0 Å². The molecule has 2 unspecified atom stereocenters. The summed E-state index contributed by atoms with van der Waals surface area (Å²) < 4.78 is 11.8. The maximum Gasteiger partial charge on any atom is 0.305 e. The molecule has 0 aromatic heterocycles. The molecule has 0 heterocycles. The van der Waals surface area contributed by atoms with Crippen LogP contribution < -0.4 is 0 Å². The highest BCUT2D eigenvalue weighted by atomic mass is 16.5. The third-order valence-corrected chi connectivity index (χ3v) is 14.2. The number of hydrogen-bond acceptors (Lipinski definition) is 7. The first kappa shape index (κ1) is 59.8. The summed E-state index contributed by atoms with van der Waals surface area (Å²) in [5, 5.41) is 0. The van der Waals surface area contributed by atoms with E-state index in [1.807, 2.05) is 0 Å². The number of carbonyl (C=O) groups is 2. The van der Waals surface area contributed by atoms with Gasteiger partial charge in [-0.25, -0.2) is 0 Å². The highest BCUT2D eigenvalue weighted by Crippen LogP contribution is 2.25. The van der Waals surface area contributed by atoms with Crippen LogP contribution in [0.5, 0.6) is 0 Å². The van der Waals surface area contributed by atoms with Gasteiger partial charge in [-0.3, -0.25) is 14.5 Å². The fraction of sp³-hybridized carbons (Fsp3) is 0.964. The second-order valence-corrected chi connectivity index (χ2v) is 20.5. The molecule has 0 amide bonds. The Balaban J connectivity index is 2.49. The first-order chi connectivity index (χ1) is 30.8. The molecule has 1 aliphatic carbocycles. The molecule has 0 spiro atoms. The second-order valence-electron chi connectivity index (χ2n) is 20.5. The minimum absolute atomic E-state index is 0.0192. The summed E-state index contributed by atoms with van der Waals surface area (Å²) >= 11 is 0. The highest BCUT2D eigenvalue weighted by molar-refractivity contribution is 5.69. The molecular formula is C56H111N3O4. The Kier molecular flexibility index (Phi) is 42.4. The molecule has 0 aliphatic heterocycles. The number of unbranched alkanes of at least 4 members (excludes halogenated alkanes) is 22. The van der Waals surface area contributed by atoms with Gasteiger partial charge in [-0.15, -0.1) is 0 Å². The fourth-order valence-corrected chi connectivity index (χ4v) is 9.41. The van der Waals surface area contributed by atoms with Crippen molar-refractivity contribution in [3.63, 3.8) is 0 Å². The van der Waals surface area contributed by atoms with Crippen LogP contribution in [0.4, 0.5) is 0 Å². The lowest BCUT2D eigenvalue weighted by Gasteiger charge is -2.39. The number of ether oxygens (including phenoxy) is 2. The summed E-state index contributed by atoms with van der Waals surface area (Å²) in [6.45, 7) is 17.2. The van der Waals surface area contributed by atoms with Crippen LogP contribution in [-0.4, -0.2) is 99.3 Å². The van der Waals surface area contributed by atoms with E-state index in [4.69, 9.17) is 9.47 Å². The van der Waals surface area contributed by atoms with Crippen LogP contribution in [0.3, 0.4) is 0 Å². The van der Waals surface area contributed by atoms with Gasteiger partial charge >= 0.3 is 11.9 Å². The monoisotopic (exact) mass is 890 g/mol. The van der Waals surface area contributed by atoms with Crippen molar-refractivity contribution in [3.8, 4) is 0 Å². The van der Waals surface area contributed by atoms with Crippen LogP contribution in [0.25, 0.3) is 0 Å². The maximum atomic E-state index is 12.8. The van der Waals surface area contributed by atoms with Crippen LogP contribution in [0.1, 0.15) is 265 Å². The average molecular weight is 891 g/mol. The maximum absolute atomic E-state index is 12.8. The van der Waals surface area contributed by atoms with E-state index in [1.165, 1.54) is 199 Å². The molecule has 63 heavy (non-hydrogen) atoms. The van der Waals surface area contributed by atoms with Gasteiger partial charge in [0.2, 0.25) is 0 Å². The van der Waals surface area contributed by atoms with E-state index in [0.29, 0.717) is 37.9 Å². The molecular weight excluding hydrogens is 779 g/mol. The number of esters is 2. The van der Waals surface area contributed by atoms with Gasteiger partial charge in [-0.05, 0) is 103 Å². The molecule has 2 atom stereocenters. The van der Waals surface area contributed by atoms with Gasteiger partial charge in [0, 0.05) is 45.1 Å². The van der Waals surface area contributed by atoms with E-state index in [9.17, 15) is 9.59 Å². The number of nitrogens with zero attached hydrogens (tertiary/aromatic N) is 3. The van der Waals surface area contributed by atoms with E-state index < -0.39 is 0 Å². The van der Waals surface area contributed by atoms with Gasteiger partial charge in [0.1, 0.15) is 0 Å². The van der Waals surface area contributed by atoms with Crippen molar-refractivity contribution in [2.45, 2.75) is 271 Å². The molecule has 7 heteroatoms. The van der Waals surface area contributed by atoms with E-state index in [2.05, 4.69) is 56.5 Å². The van der Waals surface area contributed by atoms with Crippen molar-refractivity contribution >= 4 is 11.9 Å². The largest absolute Gasteiger partial charge is 0.465 e. The third-order valence-electron chi connectivity index (χ3n) is 14.2. The predicted molar refractivity (Wildman–Crippen MR) is 273 cm³/mol.